The summed E-state index contributed by atoms with van der Waals surface area (Å²) < 4.78 is 1.46. The van der Waals surface area contributed by atoms with Crippen LogP contribution in [0.5, 0.6) is 0 Å². The van der Waals surface area contributed by atoms with Crippen LogP contribution in [0.4, 0.5) is 0 Å². The van der Waals surface area contributed by atoms with Crippen LogP contribution in [-0.2, 0) is 9.59 Å². The summed E-state index contributed by atoms with van der Waals surface area (Å²) in [7, 11) is 0. The van der Waals surface area contributed by atoms with Gasteiger partial charge in [0.15, 0.2) is 5.69 Å². The number of nitrogens with one attached hydrogen (secondary N) is 1. The third-order valence-electron chi connectivity index (χ3n) is 3.57. The summed E-state index contributed by atoms with van der Waals surface area (Å²) in [4.78, 5) is 35.4. The van der Waals surface area contributed by atoms with Crippen LogP contribution in [-0.4, -0.2) is 61.9 Å². The Morgan fingerprint density at radius 3 is 2.70 bits per heavy atom. The van der Waals surface area contributed by atoms with E-state index in [2.05, 4.69) is 15.6 Å². The van der Waals surface area contributed by atoms with Gasteiger partial charge in [0.1, 0.15) is 6.04 Å². The number of likely N-dealkylation sites (tertiary alicyclic amines) is 1. The van der Waals surface area contributed by atoms with Crippen molar-refractivity contribution in [3.05, 3.63) is 11.9 Å². The Kier molecular flexibility index (Phi) is 2.88. The molecule has 20 heavy (non-hydrogen) atoms. The molecule has 0 unspecified atom stereocenters. The van der Waals surface area contributed by atoms with Crippen LogP contribution in [0.15, 0.2) is 6.20 Å². The lowest BCUT2D eigenvalue weighted by molar-refractivity contribution is -0.140. The molecule has 9 heteroatoms. The van der Waals surface area contributed by atoms with Crippen molar-refractivity contribution in [2.45, 2.75) is 24.9 Å². The van der Waals surface area contributed by atoms with Crippen molar-refractivity contribution in [2.24, 2.45) is 0 Å². The highest BCUT2D eigenvalue weighted by Crippen LogP contribution is 2.22. The number of hydrogen-bond acceptors (Lipinski definition) is 5. The molecule has 2 aliphatic rings. The van der Waals surface area contributed by atoms with E-state index in [1.807, 2.05) is 0 Å². The molecular weight excluding hydrogens is 266 g/mol. The summed E-state index contributed by atoms with van der Waals surface area (Å²) in [5.41, 5.74) is -0.113. The van der Waals surface area contributed by atoms with E-state index in [4.69, 9.17) is 5.11 Å². The average molecular weight is 279 g/mol. The predicted molar refractivity (Wildman–Crippen MR) is 63.8 cm³/mol. The fourth-order valence-electron chi connectivity index (χ4n) is 2.38. The summed E-state index contributed by atoms with van der Waals surface area (Å²) in [5.74, 6) is -1.31. The lowest BCUT2D eigenvalue weighted by Gasteiger charge is -2.40. The number of carbonyl (C=O) groups is 3. The van der Waals surface area contributed by atoms with Gasteiger partial charge >= 0.3 is 5.97 Å². The van der Waals surface area contributed by atoms with Gasteiger partial charge in [0.25, 0.3) is 0 Å². The van der Waals surface area contributed by atoms with Gasteiger partial charge in [-0.25, -0.2) is 9.48 Å². The molecule has 2 saturated heterocycles. The summed E-state index contributed by atoms with van der Waals surface area (Å²) in [6, 6.07) is -0.481. The van der Waals surface area contributed by atoms with Crippen molar-refractivity contribution in [3.8, 4) is 0 Å². The Labute approximate surface area is 113 Å². The molecule has 3 rings (SSSR count). The first-order valence-electron chi connectivity index (χ1n) is 6.28. The fourth-order valence-corrected chi connectivity index (χ4v) is 2.38. The van der Waals surface area contributed by atoms with Crippen LogP contribution < -0.4 is 5.32 Å². The molecule has 2 fully saturated rings. The monoisotopic (exact) mass is 279 g/mol. The quantitative estimate of drug-likeness (QED) is 0.705. The van der Waals surface area contributed by atoms with Crippen LogP contribution in [0, 0.1) is 0 Å². The van der Waals surface area contributed by atoms with Gasteiger partial charge in [0.05, 0.1) is 12.2 Å². The maximum atomic E-state index is 12.0. The summed E-state index contributed by atoms with van der Waals surface area (Å²) in [5, 5.41) is 18.7. The summed E-state index contributed by atoms with van der Waals surface area (Å²) in [6.45, 7) is 0.904. The molecule has 0 aliphatic carbocycles. The first-order valence-corrected chi connectivity index (χ1v) is 6.28. The zero-order valence-electron chi connectivity index (χ0n) is 10.5. The minimum Gasteiger partial charge on any atom is -0.476 e. The molecule has 1 aromatic rings. The first-order chi connectivity index (χ1) is 9.54. The van der Waals surface area contributed by atoms with E-state index in [0.29, 0.717) is 25.9 Å². The third-order valence-corrected chi connectivity index (χ3v) is 3.57. The standard InChI is InChI=1S/C11H13N5O4/c17-9-2-1-7(12-9)10(18)15-3-6(4-15)16-5-8(11(19)20)13-14-16/h5-7H,1-4H2,(H,12,17)(H,19,20)/t7-/m1/s1. The van der Waals surface area contributed by atoms with Crippen molar-refractivity contribution in [2.75, 3.05) is 13.1 Å². The maximum absolute atomic E-state index is 12.0. The number of aromatic carboxylic acids is 1. The second-order valence-electron chi connectivity index (χ2n) is 4.94. The number of carbonyl (C=O) groups excluding carboxylic acids is 2. The Balaban J connectivity index is 1.56. The van der Waals surface area contributed by atoms with E-state index in [1.165, 1.54) is 10.9 Å². The zero-order chi connectivity index (χ0) is 14.3. The van der Waals surface area contributed by atoms with Gasteiger partial charge in [-0.05, 0) is 6.42 Å². The molecule has 0 spiro atoms. The fraction of sp³-hybridized carbons (Fsp3) is 0.545. The van der Waals surface area contributed by atoms with Crippen LogP contribution in [0.2, 0.25) is 0 Å². The van der Waals surface area contributed by atoms with E-state index >= 15 is 0 Å². The van der Waals surface area contributed by atoms with Crippen LogP contribution in [0.3, 0.4) is 0 Å². The van der Waals surface area contributed by atoms with Crippen molar-refractivity contribution in [1.82, 2.24) is 25.2 Å². The normalized spacial score (nSPS) is 22.5. The number of carboxylic acid groups (broad SMARTS) is 1. The zero-order valence-corrected chi connectivity index (χ0v) is 10.5. The Bertz CT molecular complexity index is 577. The highest BCUT2D eigenvalue weighted by atomic mass is 16.4. The van der Waals surface area contributed by atoms with E-state index in [0.717, 1.165) is 0 Å². The van der Waals surface area contributed by atoms with E-state index in [-0.39, 0.29) is 23.6 Å². The Morgan fingerprint density at radius 2 is 2.15 bits per heavy atom. The van der Waals surface area contributed by atoms with E-state index < -0.39 is 12.0 Å². The van der Waals surface area contributed by atoms with Gasteiger partial charge in [0.2, 0.25) is 11.8 Å². The Hall–Kier alpha value is -2.45. The van der Waals surface area contributed by atoms with Crippen molar-refractivity contribution >= 4 is 17.8 Å². The summed E-state index contributed by atoms with van der Waals surface area (Å²) >= 11 is 0. The SMILES string of the molecule is O=C1CC[C@H](C(=O)N2CC(n3cc(C(=O)O)nn3)C2)N1. The molecular formula is C11H13N5O4. The smallest absolute Gasteiger partial charge is 0.358 e. The maximum Gasteiger partial charge on any atom is 0.358 e. The number of nitrogens with zero attached hydrogens (tertiary/aromatic N) is 4. The minimum absolute atomic E-state index is 0.0587. The molecule has 2 amide bonds. The minimum atomic E-state index is -1.13. The van der Waals surface area contributed by atoms with Crippen molar-refractivity contribution < 1.29 is 19.5 Å². The molecule has 1 atom stereocenters. The predicted octanol–water partition coefficient (Wildman–Crippen LogP) is -1.36. The van der Waals surface area contributed by atoms with Crippen LogP contribution in [0.25, 0.3) is 0 Å². The van der Waals surface area contributed by atoms with Crippen LogP contribution >= 0.6 is 0 Å². The van der Waals surface area contributed by atoms with Gasteiger partial charge < -0.3 is 15.3 Å². The highest BCUT2D eigenvalue weighted by Gasteiger charge is 2.38. The Morgan fingerprint density at radius 1 is 1.40 bits per heavy atom. The molecule has 3 heterocycles. The first kappa shape index (κ1) is 12.6. The van der Waals surface area contributed by atoms with E-state index in [1.54, 1.807) is 4.90 Å². The largest absolute Gasteiger partial charge is 0.476 e. The molecule has 106 valence electrons. The number of carboxylic acids is 1. The number of amides is 2. The second kappa shape index (κ2) is 4.58. The number of rotatable bonds is 3. The molecule has 0 aromatic carbocycles. The van der Waals surface area contributed by atoms with Crippen molar-refractivity contribution in [3.63, 3.8) is 0 Å². The topological polar surface area (TPSA) is 117 Å². The number of hydrogen-bond donors (Lipinski definition) is 2. The van der Waals surface area contributed by atoms with Crippen LogP contribution in [0.1, 0.15) is 29.4 Å². The molecule has 0 radical (unpaired) electrons. The van der Waals surface area contributed by atoms with Gasteiger partial charge in [-0.3, -0.25) is 9.59 Å². The van der Waals surface area contributed by atoms with Gasteiger partial charge in [0, 0.05) is 19.5 Å². The highest BCUT2D eigenvalue weighted by molar-refractivity contribution is 5.91. The third kappa shape index (κ3) is 2.10. The van der Waals surface area contributed by atoms with Gasteiger partial charge in [-0.2, -0.15) is 0 Å². The van der Waals surface area contributed by atoms with Gasteiger partial charge in [-0.15, -0.1) is 5.10 Å². The molecule has 9 nitrogen and oxygen atoms in total. The lowest BCUT2D eigenvalue weighted by atomic mass is 10.1. The second-order valence-corrected chi connectivity index (χ2v) is 4.94. The molecule has 0 bridgehead atoms. The number of aromatic nitrogens is 3. The molecule has 2 aliphatic heterocycles. The summed E-state index contributed by atoms with van der Waals surface area (Å²) in [6.07, 6.45) is 2.27. The van der Waals surface area contributed by atoms with E-state index in [9.17, 15) is 14.4 Å². The molecule has 1 aromatic heterocycles. The van der Waals surface area contributed by atoms with Gasteiger partial charge in [-0.1, -0.05) is 5.21 Å². The average Bonchev–Trinajstić information content (AvgIpc) is 2.96. The van der Waals surface area contributed by atoms with Crippen molar-refractivity contribution in [1.29, 1.82) is 0 Å². The lowest BCUT2D eigenvalue weighted by Crippen LogP contribution is -2.55. The molecule has 0 saturated carbocycles. The molecule has 2 N–H and O–H groups in total.